The number of hydrogen-bond donors (Lipinski definition) is 4. The van der Waals surface area contributed by atoms with Crippen LogP contribution in [-0.4, -0.2) is 30.9 Å². The number of para-hydroxylation sites is 1. The van der Waals surface area contributed by atoms with Gasteiger partial charge in [-0.15, -0.1) is 0 Å². The van der Waals surface area contributed by atoms with Crippen molar-refractivity contribution in [2.24, 2.45) is 10.9 Å². The summed E-state index contributed by atoms with van der Waals surface area (Å²) in [5.74, 6) is -0.972. The molecule has 104 valence electrons. The molecule has 0 radical (unpaired) electrons. The number of benzene rings is 1. The van der Waals surface area contributed by atoms with Gasteiger partial charge >= 0.3 is 5.97 Å². The number of fused-ring (bicyclic) bond motifs is 1. The van der Waals surface area contributed by atoms with Gasteiger partial charge in [-0.1, -0.05) is 18.2 Å². The summed E-state index contributed by atoms with van der Waals surface area (Å²) in [6.07, 6.45) is 2.16. The topological polar surface area (TPSA) is 145 Å². The van der Waals surface area contributed by atoms with Gasteiger partial charge in [-0.05, 0) is 11.6 Å². The van der Waals surface area contributed by atoms with Crippen molar-refractivity contribution >= 4 is 28.1 Å². The van der Waals surface area contributed by atoms with E-state index in [1.165, 1.54) is 0 Å². The van der Waals surface area contributed by atoms with Crippen LogP contribution in [0.2, 0.25) is 0 Å². The van der Waals surface area contributed by atoms with Crippen molar-refractivity contribution in [3.8, 4) is 0 Å². The van der Waals surface area contributed by atoms with E-state index in [-0.39, 0.29) is 0 Å². The Morgan fingerprint density at radius 1 is 1.47 bits per heavy atom. The fraction of sp³-hybridized carbons (Fsp3) is 0.182. The fourth-order valence-corrected chi connectivity index (χ4v) is 1.62. The van der Waals surface area contributed by atoms with Crippen LogP contribution >= 0.6 is 0 Å². The minimum absolute atomic E-state index is 0.347. The Morgan fingerprint density at radius 2 is 2.05 bits per heavy atom. The highest BCUT2D eigenvalue weighted by atomic mass is 32.2. The number of aromatic amines is 1. The molecule has 1 aromatic carbocycles. The third-order valence-corrected chi connectivity index (χ3v) is 2.43. The van der Waals surface area contributed by atoms with Gasteiger partial charge in [0.05, 0.1) is 0 Å². The lowest BCUT2D eigenvalue weighted by atomic mass is 10.1. The maximum absolute atomic E-state index is 10.6. The van der Waals surface area contributed by atoms with Crippen LogP contribution < -0.4 is 10.9 Å². The normalized spacial score (nSPS) is 13.4. The molecule has 7 nitrogen and oxygen atoms in total. The van der Waals surface area contributed by atoms with E-state index in [2.05, 4.69) is 10.1 Å². The summed E-state index contributed by atoms with van der Waals surface area (Å²) in [7, 11) is 0. The lowest BCUT2D eigenvalue weighted by molar-refractivity contribution is -0.138. The zero-order valence-corrected chi connectivity index (χ0v) is 10.7. The van der Waals surface area contributed by atoms with Crippen molar-refractivity contribution < 1.29 is 18.7 Å². The monoisotopic (exact) mass is 284 g/mol. The second kappa shape index (κ2) is 7.00. The van der Waals surface area contributed by atoms with Gasteiger partial charge in [0.25, 0.3) is 0 Å². The Kier molecular flexibility index (Phi) is 5.64. The summed E-state index contributed by atoms with van der Waals surface area (Å²) in [5, 5.41) is 13.8. The zero-order valence-electron chi connectivity index (χ0n) is 9.91. The van der Waals surface area contributed by atoms with Crippen LogP contribution in [0.1, 0.15) is 5.56 Å². The van der Waals surface area contributed by atoms with E-state index >= 15 is 0 Å². The van der Waals surface area contributed by atoms with Crippen molar-refractivity contribution in [3.63, 3.8) is 0 Å². The van der Waals surface area contributed by atoms with Crippen molar-refractivity contribution in [3.05, 3.63) is 36.0 Å². The molecule has 2 atom stereocenters. The van der Waals surface area contributed by atoms with E-state index in [1.807, 2.05) is 30.5 Å². The van der Waals surface area contributed by atoms with Gasteiger partial charge in [-0.2, -0.15) is 0 Å². The summed E-state index contributed by atoms with van der Waals surface area (Å²) < 4.78 is 17.6. The second-order valence-corrected chi connectivity index (χ2v) is 4.29. The van der Waals surface area contributed by atoms with E-state index < -0.39 is 23.3 Å². The maximum Gasteiger partial charge on any atom is 0.320 e. The first-order valence-corrected chi connectivity index (χ1v) is 6.42. The lowest BCUT2D eigenvalue weighted by Crippen LogP contribution is -2.32. The highest BCUT2D eigenvalue weighted by Gasteiger charge is 2.14. The van der Waals surface area contributed by atoms with E-state index in [0.717, 1.165) is 16.5 Å². The fourth-order valence-electron chi connectivity index (χ4n) is 1.62. The number of rotatable bonds is 3. The summed E-state index contributed by atoms with van der Waals surface area (Å²) in [6.45, 7) is 0. The van der Waals surface area contributed by atoms with Gasteiger partial charge in [0.1, 0.15) is 6.04 Å². The molecule has 0 spiro atoms. The molecule has 0 aliphatic heterocycles. The number of H-pyrrole nitrogens is 1. The quantitative estimate of drug-likeness (QED) is 0.579. The van der Waals surface area contributed by atoms with Gasteiger partial charge in [0.2, 0.25) is 0 Å². The Morgan fingerprint density at radius 3 is 2.63 bits per heavy atom. The molecule has 0 amide bonds. The summed E-state index contributed by atoms with van der Waals surface area (Å²) in [5.41, 5.74) is 7.43. The largest absolute Gasteiger partial charge is 0.760 e. The van der Waals surface area contributed by atoms with Crippen LogP contribution in [0.25, 0.3) is 10.9 Å². The van der Waals surface area contributed by atoms with E-state index in [4.69, 9.17) is 19.6 Å². The number of carbonyl (C=O) groups is 1. The summed E-state index contributed by atoms with van der Waals surface area (Å²) >= 11 is -2.36. The SMILES string of the molecule is NC(Cc1c[nH]c2ccccc12)C(=O)O.NS(=O)[O-]. The molecule has 0 fully saturated rings. The molecule has 1 aromatic heterocycles. The molecular weight excluding hydrogens is 270 g/mol. The van der Waals surface area contributed by atoms with Crippen LogP contribution in [0.3, 0.4) is 0 Å². The smallest absolute Gasteiger partial charge is 0.320 e. The van der Waals surface area contributed by atoms with Gasteiger partial charge in [0, 0.05) is 34.8 Å². The first kappa shape index (κ1) is 15.3. The predicted molar refractivity (Wildman–Crippen MR) is 70.7 cm³/mol. The van der Waals surface area contributed by atoms with Crippen LogP contribution in [0.5, 0.6) is 0 Å². The third-order valence-electron chi connectivity index (χ3n) is 2.43. The van der Waals surface area contributed by atoms with Crippen LogP contribution in [-0.2, 0) is 22.5 Å². The van der Waals surface area contributed by atoms with E-state index in [9.17, 15) is 4.79 Å². The van der Waals surface area contributed by atoms with Crippen LogP contribution in [0, 0.1) is 0 Å². The van der Waals surface area contributed by atoms with Gasteiger partial charge < -0.3 is 20.4 Å². The van der Waals surface area contributed by atoms with Crippen LogP contribution in [0.4, 0.5) is 0 Å². The molecule has 0 saturated carbocycles. The van der Waals surface area contributed by atoms with E-state index in [0.29, 0.717) is 6.42 Å². The summed E-state index contributed by atoms with van der Waals surface area (Å²) in [4.78, 5) is 13.7. The van der Waals surface area contributed by atoms with Crippen molar-refractivity contribution in [2.75, 3.05) is 0 Å². The number of carboxylic acids is 1. The Balaban J connectivity index is 0.000000399. The first-order valence-electron chi connectivity index (χ1n) is 5.29. The summed E-state index contributed by atoms with van der Waals surface area (Å²) in [6, 6.07) is 6.91. The molecule has 6 N–H and O–H groups in total. The Hall–Kier alpha value is -1.74. The third kappa shape index (κ3) is 4.79. The zero-order chi connectivity index (χ0) is 14.4. The predicted octanol–water partition coefficient (Wildman–Crippen LogP) is -0.138. The number of nitrogens with one attached hydrogen (secondary N) is 1. The highest BCUT2D eigenvalue weighted by molar-refractivity contribution is 7.76. The average Bonchev–Trinajstić information content (AvgIpc) is 2.72. The minimum Gasteiger partial charge on any atom is -0.760 e. The first-order chi connectivity index (χ1) is 8.91. The lowest BCUT2D eigenvalue weighted by Gasteiger charge is -2.04. The highest BCUT2D eigenvalue weighted by Crippen LogP contribution is 2.18. The van der Waals surface area contributed by atoms with Crippen molar-refractivity contribution in [1.82, 2.24) is 4.98 Å². The van der Waals surface area contributed by atoms with Crippen LogP contribution in [0.15, 0.2) is 30.5 Å². The molecule has 8 heteroatoms. The molecule has 0 bridgehead atoms. The molecule has 0 aliphatic rings. The van der Waals surface area contributed by atoms with Crippen molar-refractivity contribution in [2.45, 2.75) is 12.5 Å². The van der Waals surface area contributed by atoms with Crippen molar-refractivity contribution in [1.29, 1.82) is 0 Å². The van der Waals surface area contributed by atoms with E-state index in [1.54, 1.807) is 0 Å². The van der Waals surface area contributed by atoms with Gasteiger partial charge in [0.15, 0.2) is 0 Å². The number of aromatic nitrogens is 1. The minimum atomic E-state index is -2.36. The molecule has 2 unspecified atom stereocenters. The number of hydrogen-bond acceptors (Lipinski definition) is 4. The molecule has 1 heterocycles. The number of nitrogens with two attached hydrogens (primary N) is 2. The van der Waals surface area contributed by atoms with Gasteiger partial charge in [-0.25, -0.2) is 0 Å². The molecular formula is C11H14N3O4S-. The molecule has 19 heavy (non-hydrogen) atoms. The number of carboxylic acid groups (broad SMARTS) is 1. The standard InChI is InChI=1S/C11H12N2O2.H3NO2S/c12-9(11(14)15)5-7-6-13-10-4-2-1-3-8(7)10;1-4(2)3/h1-4,6,9,13H,5,12H2,(H,14,15);1H2,(H,2,3)/p-1. The maximum atomic E-state index is 10.6. The Labute approximate surface area is 112 Å². The molecule has 0 saturated heterocycles. The average molecular weight is 284 g/mol. The molecule has 2 rings (SSSR count). The molecule has 0 aliphatic carbocycles. The molecule has 2 aromatic rings. The number of aliphatic carboxylic acids is 1. The Bertz CT molecular complexity index is 580. The van der Waals surface area contributed by atoms with Gasteiger partial charge in [-0.3, -0.25) is 14.1 Å². The second-order valence-electron chi connectivity index (χ2n) is 3.77.